The van der Waals surface area contributed by atoms with E-state index in [2.05, 4.69) is 21.9 Å². The molecule has 9 nitrogen and oxygen atoms in total. The minimum atomic E-state index is -1.47. The number of halogens is 3. The number of carbonyl (C=O) groups excluding carboxylic acids is 3. The number of aromatic nitrogens is 1. The Morgan fingerprint density at radius 1 is 1.19 bits per heavy atom. The number of fused-ring (bicyclic) bond motifs is 1. The molecule has 42 heavy (non-hydrogen) atoms. The number of carbonyl (C=O) groups is 3. The molecule has 2 aliphatic heterocycles. The lowest BCUT2D eigenvalue weighted by Crippen LogP contribution is -2.48. The van der Waals surface area contributed by atoms with Crippen LogP contribution in [0.3, 0.4) is 0 Å². The van der Waals surface area contributed by atoms with Crippen molar-refractivity contribution in [3.8, 4) is 6.07 Å². The third-order valence-electron chi connectivity index (χ3n) is 7.97. The Hall–Kier alpha value is -4.66. The minimum Gasteiger partial charge on any atom is -0.354 e. The molecule has 2 N–H and O–H groups in total. The second-order valence-corrected chi connectivity index (χ2v) is 11.2. The summed E-state index contributed by atoms with van der Waals surface area (Å²) >= 11 is 0. The van der Waals surface area contributed by atoms with Crippen molar-refractivity contribution in [3.63, 3.8) is 0 Å². The molecule has 0 saturated carbocycles. The van der Waals surface area contributed by atoms with Crippen molar-refractivity contribution in [3.05, 3.63) is 71.2 Å². The van der Waals surface area contributed by atoms with Gasteiger partial charge in [0.15, 0.2) is 11.6 Å². The molecule has 0 unspecified atom stereocenters. The Labute approximate surface area is 240 Å². The summed E-state index contributed by atoms with van der Waals surface area (Å²) in [6.07, 6.45) is 0.239. The van der Waals surface area contributed by atoms with Crippen LogP contribution in [0.1, 0.15) is 55.2 Å². The van der Waals surface area contributed by atoms with Crippen LogP contribution in [0.15, 0.2) is 47.6 Å². The number of likely N-dealkylation sites (tertiary alicyclic amines) is 1. The number of amides is 3. The zero-order valence-corrected chi connectivity index (χ0v) is 23.2. The predicted molar refractivity (Wildman–Crippen MR) is 148 cm³/mol. The predicted octanol–water partition coefficient (Wildman–Crippen LogP) is 4.04. The van der Waals surface area contributed by atoms with E-state index < -0.39 is 58.2 Å². The zero-order valence-electron chi connectivity index (χ0n) is 23.2. The van der Waals surface area contributed by atoms with E-state index >= 15 is 4.39 Å². The molecule has 1 fully saturated rings. The van der Waals surface area contributed by atoms with Gasteiger partial charge in [0.2, 0.25) is 11.8 Å². The van der Waals surface area contributed by atoms with Gasteiger partial charge in [0.05, 0.1) is 22.7 Å². The highest BCUT2D eigenvalue weighted by atomic mass is 19.2. The van der Waals surface area contributed by atoms with Crippen LogP contribution in [0.5, 0.6) is 0 Å². The van der Waals surface area contributed by atoms with Crippen LogP contribution < -0.4 is 10.7 Å². The fraction of sp³-hybridized carbons (Fsp3) is 0.367. The topological polar surface area (TPSA) is 120 Å². The third kappa shape index (κ3) is 4.78. The summed E-state index contributed by atoms with van der Waals surface area (Å²) in [4.78, 5) is 41.8. The maximum atomic E-state index is 15.3. The maximum Gasteiger partial charge on any atom is 0.267 e. The molecule has 0 aliphatic carbocycles. The van der Waals surface area contributed by atoms with E-state index in [9.17, 15) is 28.4 Å². The van der Waals surface area contributed by atoms with E-state index in [0.29, 0.717) is 11.8 Å². The molecular weight excluding hydrogens is 549 g/mol. The van der Waals surface area contributed by atoms with Crippen LogP contribution in [0.4, 0.5) is 13.2 Å². The monoisotopic (exact) mass is 578 g/mol. The first-order valence-electron chi connectivity index (χ1n) is 13.5. The van der Waals surface area contributed by atoms with E-state index in [0.717, 1.165) is 16.2 Å². The molecule has 12 heteroatoms. The van der Waals surface area contributed by atoms with Crippen molar-refractivity contribution in [2.24, 2.45) is 16.4 Å². The number of nitrogens with zero attached hydrogens (tertiary/aromatic N) is 4. The zero-order chi connectivity index (χ0) is 30.3. The Morgan fingerprint density at radius 2 is 1.90 bits per heavy atom. The summed E-state index contributed by atoms with van der Waals surface area (Å²) in [5.41, 5.74) is 1.93. The maximum absolute atomic E-state index is 15.3. The molecule has 1 saturated heterocycles. The van der Waals surface area contributed by atoms with Gasteiger partial charge in [0.25, 0.3) is 5.91 Å². The van der Waals surface area contributed by atoms with Gasteiger partial charge in [-0.3, -0.25) is 14.4 Å². The summed E-state index contributed by atoms with van der Waals surface area (Å²) in [5, 5.41) is 16.3. The van der Waals surface area contributed by atoms with E-state index in [1.54, 1.807) is 13.8 Å². The number of nitrogens with one attached hydrogen (secondary N) is 2. The summed E-state index contributed by atoms with van der Waals surface area (Å²) in [7, 11) is 1.32. The van der Waals surface area contributed by atoms with Gasteiger partial charge >= 0.3 is 0 Å². The highest BCUT2D eigenvalue weighted by molar-refractivity contribution is 6.06. The SMILES string of the molecule is CNC(=O)c1cc2c(F)cc(F)c(F)c2n1[C@@H](CC(C)C)C(=O)N1C[C@]2(CC(c3ccccc3)=NNC2=O)C[C@H]1C#N. The molecule has 218 valence electrons. The first kappa shape index (κ1) is 28.9. The number of hydrazone groups is 1. The second-order valence-electron chi connectivity index (χ2n) is 11.2. The van der Waals surface area contributed by atoms with E-state index in [-0.39, 0.29) is 42.8 Å². The van der Waals surface area contributed by atoms with E-state index in [1.165, 1.54) is 11.9 Å². The van der Waals surface area contributed by atoms with Crippen LogP contribution >= 0.6 is 0 Å². The van der Waals surface area contributed by atoms with Crippen LogP contribution in [0.2, 0.25) is 0 Å². The summed E-state index contributed by atoms with van der Waals surface area (Å²) in [6.45, 7) is 3.46. The van der Waals surface area contributed by atoms with Crippen LogP contribution in [0, 0.1) is 40.1 Å². The number of benzene rings is 2. The molecule has 5 rings (SSSR count). The van der Waals surface area contributed by atoms with Crippen LogP contribution in [-0.2, 0) is 9.59 Å². The van der Waals surface area contributed by atoms with Crippen molar-refractivity contribution >= 4 is 34.3 Å². The van der Waals surface area contributed by atoms with Crippen molar-refractivity contribution in [2.45, 2.75) is 45.2 Å². The minimum absolute atomic E-state index is 0.0215. The van der Waals surface area contributed by atoms with Gasteiger partial charge in [0.1, 0.15) is 23.6 Å². The van der Waals surface area contributed by atoms with Gasteiger partial charge in [-0.1, -0.05) is 44.2 Å². The molecule has 1 spiro atoms. The second kappa shape index (κ2) is 11.0. The lowest BCUT2D eigenvalue weighted by molar-refractivity contribution is -0.136. The molecule has 3 amide bonds. The van der Waals surface area contributed by atoms with Crippen molar-refractivity contribution in [1.82, 2.24) is 20.2 Å². The largest absolute Gasteiger partial charge is 0.354 e. The third-order valence-corrected chi connectivity index (χ3v) is 7.97. The number of nitriles is 1. The highest BCUT2D eigenvalue weighted by Crippen LogP contribution is 2.43. The lowest BCUT2D eigenvalue weighted by atomic mass is 9.77. The molecule has 0 radical (unpaired) electrons. The summed E-state index contributed by atoms with van der Waals surface area (Å²) < 4.78 is 45.6. The first-order valence-corrected chi connectivity index (χ1v) is 13.5. The van der Waals surface area contributed by atoms with Crippen molar-refractivity contribution in [1.29, 1.82) is 5.26 Å². The summed E-state index contributed by atoms with van der Waals surface area (Å²) in [6, 6.07) is 10.4. The molecule has 0 bridgehead atoms. The normalized spacial score (nSPS) is 20.9. The highest BCUT2D eigenvalue weighted by Gasteiger charge is 2.54. The van der Waals surface area contributed by atoms with Gasteiger partial charge in [0, 0.05) is 31.5 Å². The fourth-order valence-corrected chi connectivity index (χ4v) is 5.97. The number of hydrogen-bond donors (Lipinski definition) is 2. The summed E-state index contributed by atoms with van der Waals surface area (Å²) in [5.74, 6) is -6.01. The Balaban J connectivity index is 1.61. The van der Waals surface area contributed by atoms with Gasteiger partial charge in [-0.05, 0) is 30.4 Å². The van der Waals surface area contributed by atoms with Gasteiger partial charge in [-0.15, -0.1) is 0 Å². The standard InChI is InChI=1S/C30H29F3N6O3/c1-16(2)9-24(39-23(27(40)35-3)10-19-20(31)11-21(32)25(33)26(19)39)28(41)38-15-30(12-18(38)14-34)13-22(36-37-29(30)42)17-7-5-4-6-8-17/h4-8,10-11,16,18,24H,9,12-13,15H2,1-3H3,(H,35,40)(H,37,42)/t18-,24-,30+/m0/s1. The molecular formula is C30H29F3N6O3. The molecule has 2 aliphatic rings. The van der Waals surface area contributed by atoms with Crippen LogP contribution in [0.25, 0.3) is 10.9 Å². The first-order chi connectivity index (χ1) is 20.0. The van der Waals surface area contributed by atoms with Gasteiger partial charge in [-0.25, -0.2) is 18.6 Å². The Kier molecular flexibility index (Phi) is 7.53. The van der Waals surface area contributed by atoms with Crippen LogP contribution in [-0.4, -0.2) is 52.5 Å². The van der Waals surface area contributed by atoms with Crippen molar-refractivity contribution < 1.29 is 27.6 Å². The number of hydrogen-bond acceptors (Lipinski definition) is 5. The Morgan fingerprint density at radius 3 is 2.55 bits per heavy atom. The average molecular weight is 579 g/mol. The molecule has 3 aromatic rings. The lowest BCUT2D eigenvalue weighted by Gasteiger charge is -2.32. The number of rotatable bonds is 6. The smallest absolute Gasteiger partial charge is 0.267 e. The quantitative estimate of drug-likeness (QED) is 0.429. The van der Waals surface area contributed by atoms with Gasteiger partial charge in [-0.2, -0.15) is 10.4 Å². The molecule has 1 aromatic heterocycles. The van der Waals surface area contributed by atoms with E-state index in [4.69, 9.17) is 0 Å². The van der Waals surface area contributed by atoms with E-state index in [1.807, 2.05) is 30.3 Å². The average Bonchev–Trinajstić information content (AvgIpc) is 3.56. The molecule has 3 heterocycles. The Bertz CT molecular complexity index is 1660. The molecule has 2 aromatic carbocycles. The molecule has 3 atom stereocenters. The van der Waals surface area contributed by atoms with Gasteiger partial charge < -0.3 is 14.8 Å². The fourth-order valence-electron chi connectivity index (χ4n) is 5.97. The van der Waals surface area contributed by atoms with Crippen molar-refractivity contribution in [2.75, 3.05) is 13.6 Å².